The zero-order valence-corrected chi connectivity index (χ0v) is 14.4. The highest BCUT2D eigenvalue weighted by molar-refractivity contribution is 7.15. The average molecular weight is 364 g/mol. The standard InChI is InChI=1S/C18H12N4O3S/c1-11(23)25-14-6-4-12(5-7-14)9-15-17(24)22-18(26-15)20-16(21-22)13-3-2-8-19-10-13/h2-10H,1H3/b15-9-. The van der Waals surface area contributed by atoms with Crippen LogP contribution < -0.4 is 14.8 Å². The number of ether oxygens (including phenoxy) is 1. The normalized spacial score (nSPS) is 11.8. The minimum atomic E-state index is -0.376. The number of fused-ring (bicyclic) bond motifs is 1. The van der Waals surface area contributed by atoms with Gasteiger partial charge in [0.1, 0.15) is 5.75 Å². The second-order valence-electron chi connectivity index (χ2n) is 5.45. The van der Waals surface area contributed by atoms with Crippen LogP contribution in [0.1, 0.15) is 12.5 Å². The molecule has 0 aliphatic heterocycles. The molecule has 128 valence electrons. The zero-order chi connectivity index (χ0) is 18.1. The molecular formula is C18H12N4O3S. The number of thiazole rings is 1. The second kappa shape index (κ2) is 6.49. The van der Waals surface area contributed by atoms with Gasteiger partial charge in [-0.05, 0) is 35.9 Å². The van der Waals surface area contributed by atoms with Gasteiger partial charge >= 0.3 is 5.97 Å². The van der Waals surface area contributed by atoms with Gasteiger partial charge in [-0.15, -0.1) is 5.10 Å². The van der Waals surface area contributed by atoms with E-state index in [2.05, 4.69) is 15.1 Å². The Morgan fingerprint density at radius 3 is 2.69 bits per heavy atom. The maximum Gasteiger partial charge on any atom is 0.308 e. The van der Waals surface area contributed by atoms with Crippen LogP contribution in [0.3, 0.4) is 0 Å². The van der Waals surface area contributed by atoms with E-state index in [1.807, 2.05) is 6.07 Å². The molecular weight excluding hydrogens is 352 g/mol. The van der Waals surface area contributed by atoms with Crippen molar-refractivity contribution in [3.05, 3.63) is 69.2 Å². The summed E-state index contributed by atoms with van der Waals surface area (Å²) in [4.78, 5) is 32.5. The predicted octanol–water partition coefficient (Wildman–Crippen LogP) is 1.69. The fraction of sp³-hybridized carbons (Fsp3) is 0.0556. The number of aromatic nitrogens is 4. The van der Waals surface area contributed by atoms with Gasteiger partial charge in [0.05, 0.1) is 4.53 Å². The first kappa shape index (κ1) is 16.1. The summed E-state index contributed by atoms with van der Waals surface area (Å²) in [7, 11) is 0. The Balaban J connectivity index is 1.70. The van der Waals surface area contributed by atoms with Crippen molar-refractivity contribution in [2.45, 2.75) is 6.92 Å². The molecule has 8 heteroatoms. The molecule has 0 radical (unpaired) electrons. The van der Waals surface area contributed by atoms with Crippen LogP contribution in [-0.2, 0) is 4.79 Å². The number of pyridine rings is 1. The Morgan fingerprint density at radius 1 is 1.23 bits per heavy atom. The van der Waals surface area contributed by atoms with Gasteiger partial charge in [0.2, 0.25) is 4.96 Å². The van der Waals surface area contributed by atoms with E-state index in [-0.39, 0.29) is 11.5 Å². The van der Waals surface area contributed by atoms with Crippen LogP contribution in [0.15, 0.2) is 53.6 Å². The van der Waals surface area contributed by atoms with Crippen LogP contribution in [0.4, 0.5) is 0 Å². The number of hydrogen-bond acceptors (Lipinski definition) is 7. The van der Waals surface area contributed by atoms with Crippen LogP contribution in [0.2, 0.25) is 0 Å². The molecule has 0 aliphatic rings. The lowest BCUT2D eigenvalue weighted by atomic mass is 10.2. The molecule has 0 N–H and O–H groups in total. The number of nitrogens with zero attached hydrogens (tertiary/aromatic N) is 4. The lowest BCUT2D eigenvalue weighted by Crippen LogP contribution is -2.23. The van der Waals surface area contributed by atoms with E-state index in [9.17, 15) is 9.59 Å². The molecule has 4 rings (SSSR count). The number of benzene rings is 1. The molecule has 7 nitrogen and oxygen atoms in total. The molecule has 1 aromatic carbocycles. The van der Waals surface area contributed by atoms with Crippen molar-refractivity contribution in [2.75, 3.05) is 0 Å². The second-order valence-corrected chi connectivity index (χ2v) is 6.46. The molecule has 0 saturated carbocycles. The van der Waals surface area contributed by atoms with Gasteiger partial charge in [0, 0.05) is 24.9 Å². The van der Waals surface area contributed by atoms with Crippen molar-refractivity contribution >= 4 is 28.3 Å². The summed E-state index contributed by atoms with van der Waals surface area (Å²) in [6.45, 7) is 1.35. The van der Waals surface area contributed by atoms with E-state index in [1.165, 1.54) is 22.8 Å². The zero-order valence-electron chi connectivity index (χ0n) is 13.6. The highest BCUT2D eigenvalue weighted by Crippen LogP contribution is 2.15. The molecule has 0 fully saturated rings. The molecule has 0 atom stereocenters. The van der Waals surface area contributed by atoms with Crippen molar-refractivity contribution in [3.63, 3.8) is 0 Å². The highest BCUT2D eigenvalue weighted by Gasteiger charge is 2.11. The Labute approximate surface area is 151 Å². The summed E-state index contributed by atoms with van der Waals surface area (Å²) >= 11 is 1.26. The number of carbonyl (C=O) groups excluding carboxylic acids is 1. The maximum absolute atomic E-state index is 12.5. The van der Waals surface area contributed by atoms with Crippen molar-refractivity contribution < 1.29 is 9.53 Å². The van der Waals surface area contributed by atoms with Crippen LogP contribution >= 0.6 is 11.3 Å². The van der Waals surface area contributed by atoms with Crippen molar-refractivity contribution in [2.24, 2.45) is 0 Å². The molecule has 0 unspecified atom stereocenters. The van der Waals surface area contributed by atoms with E-state index in [4.69, 9.17) is 4.74 Å². The molecule has 4 aromatic rings. The lowest BCUT2D eigenvalue weighted by molar-refractivity contribution is -0.131. The first-order chi connectivity index (χ1) is 12.6. The quantitative estimate of drug-likeness (QED) is 0.406. The Morgan fingerprint density at radius 2 is 2.04 bits per heavy atom. The lowest BCUT2D eigenvalue weighted by Gasteiger charge is -2.00. The predicted molar refractivity (Wildman–Crippen MR) is 96.9 cm³/mol. The van der Waals surface area contributed by atoms with Gasteiger partial charge in [0.15, 0.2) is 5.82 Å². The average Bonchev–Trinajstić information content (AvgIpc) is 3.17. The molecule has 0 bridgehead atoms. The molecule has 0 spiro atoms. The van der Waals surface area contributed by atoms with Crippen LogP contribution in [-0.4, -0.2) is 25.6 Å². The summed E-state index contributed by atoms with van der Waals surface area (Å²) < 4.78 is 6.82. The Hall–Kier alpha value is -3.39. The van der Waals surface area contributed by atoms with E-state index in [1.54, 1.807) is 48.8 Å². The molecule has 0 saturated heterocycles. The van der Waals surface area contributed by atoms with Crippen LogP contribution in [0.5, 0.6) is 5.75 Å². The molecule has 3 aromatic heterocycles. The summed E-state index contributed by atoms with van der Waals surface area (Å²) in [6, 6.07) is 10.5. The topological polar surface area (TPSA) is 86.4 Å². The molecule has 3 heterocycles. The largest absolute Gasteiger partial charge is 0.427 e. The number of carbonyl (C=O) groups is 1. The van der Waals surface area contributed by atoms with Crippen LogP contribution in [0, 0.1) is 0 Å². The van der Waals surface area contributed by atoms with Gasteiger partial charge in [-0.3, -0.25) is 14.6 Å². The smallest absolute Gasteiger partial charge is 0.308 e. The Bertz CT molecular complexity index is 1200. The fourth-order valence-corrected chi connectivity index (χ4v) is 3.31. The van der Waals surface area contributed by atoms with E-state index in [0.717, 1.165) is 11.1 Å². The molecule has 26 heavy (non-hydrogen) atoms. The first-order valence-corrected chi connectivity index (χ1v) is 8.52. The van der Waals surface area contributed by atoms with E-state index in [0.29, 0.717) is 21.1 Å². The SMILES string of the molecule is CC(=O)Oc1ccc(/C=c2\sc3nc(-c4cccnc4)nn3c2=O)cc1. The van der Waals surface area contributed by atoms with E-state index >= 15 is 0 Å². The molecule has 0 aliphatic carbocycles. The van der Waals surface area contributed by atoms with Gasteiger partial charge in [-0.2, -0.15) is 9.50 Å². The maximum atomic E-state index is 12.5. The van der Waals surface area contributed by atoms with Gasteiger partial charge < -0.3 is 4.74 Å². The summed E-state index contributed by atoms with van der Waals surface area (Å²) in [6.07, 6.45) is 5.08. The summed E-state index contributed by atoms with van der Waals surface area (Å²) in [5.74, 6) is 0.554. The third kappa shape index (κ3) is 3.09. The number of rotatable bonds is 3. The summed E-state index contributed by atoms with van der Waals surface area (Å²) in [5, 5.41) is 4.28. The molecule has 0 amide bonds. The van der Waals surface area contributed by atoms with Gasteiger partial charge in [0.25, 0.3) is 5.56 Å². The minimum Gasteiger partial charge on any atom is -0.427 e. The van der Waals surface area contributed by atoms with Crippen molar-refractivity contribution in [3.8, 4) is 17.1 Å². The fourth-order valence-electron chi connectivity index (χ4n) is 2.40. The minimum absolute atomic E-state index is 0.225. The third-order valence-corrected chi connectivity index (χ3v) is 4.50. The van der Waals surface area contributed by atoms with E-state index < -0.39 is 0 Å². The van der Waals surface area contributed by atoms with Gasteiger partial charge in [-0.1, -0.05) is 23.5 Å². The van der Waals surface area contributed by atoms with Crippen LogP contribution in [0.25, 0.3) is 22.4 Å². The summed E-state index contributed by atoms with van der Waals surface area (Å²) in [5.41, 5.74) is 1.35. The number of hydrogen-bond donors (Lipinski definition) is 0. The van der Waals surface area contributed by atoms with Crippen molar-refractivity contribution in [1.29, 1.82) is 0 Å². The van der Waals surface area contributed by atoms with Crippen molar-refractivity contribution in [1.82, 2.24) is 19.6 Å². The van der Waals surface area contributed by atoms with Gasteiger partial charge in [-0.25, -0.2) is 0 Å². The monoisotopic (exact) mass is 364 g/mol. The Kier molecular flexibility index (Phi) is 4.02. The third-order valence-electron chi connectivity index (χ3n) is 3.54. The highest BCUT2D eigenvalue weighted by atomic mass is 32.1. The first-order valence-electron chi connectivity index (χ1n) is 7.70. The number of esters is 1.